The van der Waals surface area contributed by atoms with Crippen molar-refractivity contribution in [3.8, 4) is 0 Å². The van der Waals surface area contributed by atoms with Crippen LogP contribution in [0.25, 0.3) is 0 Å². The zero-order valence-corrected chi connectivity index (χ0v) is 11.0. The van der Waals surface area contributed by atoms with Gasteiger partial charge in [0, 0.05) is 19.3 Å². The molecular weight excluding hydrogens is 262 g/mol. The number of benzene rings is 1. The monoisotopic (exact) mass is 277 g/mol. The third-order valence-electron chi connectivity index (χ3n) is 3.20. The Morgan fingerprint density at radius 1 is 1.40 bits per heavy atom. The largest absolute Gasteiger partial charge is 0.481 e. The molecule has 0 aliphatic carbocycles. The van der Waals surface area contributed by atoms with Crippen LogP contribution in [-0.2, 0) is 9.59 Å². The van der Waals surface area contributed by atoms with E-state index in [1.54, 1.807) is 19.2 Å². The van der Waals surface area contributed by atoms with Gasteiger partial charge < -0.3 is 20.6 Å². The molecule has 0 unspecified atom stereocenters. The number of hydrogen-bond donors (Lipinski definition) is 2. The van der Waals surface area contributed by atoms with Crippen LogP contribution < -0.4 is 10.6 Å². The normalized spacial score (nSPS) is 15.1. The van der Waals surface area contributed by atoms with E-state index >= 15 is 0 Å². The number of carbonyl (C=O) groups excluding carboxylic acids is 2. The highest BCUT2D eigenvalue weighted by atomic mass is 16.4. The van der Waals surface area contributed by atoms with Crippen LogP contribution in [0.2, 0.25) is 0 Å². The standard InChI is InChI=1S/C13H15N3O4/c1-15-10-3-2-8(14)6-9(10)13(20)16(7-11(15)17)5-4-12(18)19/h2-3,6H,4-5,7,14H2,1H3,(H,18,19). The second-order valence-electron chi connectivity index (χ2n) is 4.60. The zero-order chi connectivity index (χ0) is 14.9. The number of amides is 2. The predicted octanol–water partition coefficient (Wildman–Crippen LogP) is 0.162. The van der Waals surface area contributed by atoms with Gasteiger partial charge in [-0.1, -0.05) is 0 Å². The first kappa shape index (κ1) is 13.9. The van der Waals surface area contributed by atoms with Gasteiger partial charge in [-0.25, -0.2) is 0 Å². The van der Waals surface area contributed by atoms with Gasteiger partial charge in [0.15, 0.2) is 0 Å². The van der Waals surface area contributed by atoms with Crippen LogP contribution in [0.15, 0.2) is 18.2 Å². The maximum Gasteiger partial charge on any atom is 0.305 e. The van der Waals surface area contributed by atoms with E-state index in [0.29, 0.717) is 16.9 Å². The first-order valence-corrected chi connectivity index (χ1v) is 6.07. The fraction of sp³-hybridized carbons (Fsp3) is 0.308. The van der Waals surface area contributed by atoms with Crippen molar-refractivity contribution in [1.29, 1.82) is 0 Å². The zero-order valence-electron chi connectivity index (χ0n) is 11.0. The number of anilines is 2. The van der Waals surface area contributed by atoms with Gasteiger partial charge in [0.05, 0.1) is 17.7 Å². The minimum absolute atomic E-state index is 0.0119. The molecule has 0 spiro atoms. The molecule has 0 fully saturated rings. The SMILES string of the molecule is CN1C(=O)CN(CCC(=O)O)C(=O)c2cc(N)ccc21. The van der Waals surface area contributed by atoms with Crippen LogP contribution in [0.3, 0.4) is 0 Å². The summed E-state index contributed by atoms with van der Waals surface area (Å²) in [6, 6.07) is 4.73. The van der Waals surface area contributed by atoms with Crippen LogP contribution in [-0.4, -0.2) is 47.9 Å². The molecule has 7 heteroatoms. The highest BCUT2D eigenvalue weighted by Crippen LogP contribution is 2.26. The Hall–Kier alpha value is -2.57. The van der Waals surface area contributed by atoms with E-state index in [1.807, 2.05) is 0 Å². The van der Waals surface area contributed by atoms with E-state index in [1.165, 1.54) is 15.9 Å². The molecule has 0 bridgehead atoms. The number of nitrogen functional groups attached to an aromatic ring is 1. The van der Waals surface area contributed by atoms with Gasteiger partial charge in [0.2, 0.25) is 5.91 Å². The molecule has 0 saturated carbocycles. The number of nitrogens with two attached hydrogens (primary N) is 1. The van der Waals surface area contributed by atoms with Crippen molar-refractivity contribution in [2.24, 2.45) is 0 Å². The summed E-state index contributed by atoms with van der Waals surface area (Å²) < 4.78 is 0. The lowest BCUT2D eigenvalue weighted by Gasteiger charge is -2.18. The van der Waals surface area contributed by atoms with E-state index in [4.69, 9.17) is 10.8 Å². The van der Waals surface area contributed by atoms with Crippen LogP contribution >= 0.6 is 0 Å². The Morgan fingerprint density at radius 2 is 2.10 bits per heavy atom. The first-order chi connectivity index (χ1) is 9.40. The summed E-state index contributed by atoms with van der Waals surface area (Å²) in [6.07, 6.45) is -0.208. The lowest BCUT2D eigenvalue weighted by Crippen LogP contribution is -2.38. The van der Waals surface area contributed by atoms with E-state index in [0.717, 1.165) is 0 Å². The molecule has 2 amide bonds. The lowest BCUT2D eigenvalue weighted by molar-refractivity contribution is -0.137. The van der Waals surface area contributed by atoms with Gasteiger partial charge in [0.25, 0.3) is 5.91 Å². The summed E-state index contributed by atoms with van der Waals surface area (Å²) in [5, 5.41) is 8.70. The van der Waals surface area contributed by atoms with E-state index in [9.17, 15) is 14.4 Å². The molecular formula is C13H15N3O4. The van der Waals surface area contributed by atoms with Gasteiger partial charge in [-0.15, -0.1) is 0 Å². The molecule has 1 aliphatic heterocycles. The molecule has 1 aliphatic rings. The Labute approximate surface area is 115 Å². The molecule has 2 rings (SSSR count). The first-order valence-electron chi connectivity index (χ1n) is 6.07. The number of rotatable bonds is 3. The molecule has 0 saturated heterocycles. The number of aliphatic carboxylic acids is 1. The van der Waals surface area contributed by atoms with E-state index in [2.05, 4.69) is 0 Å². The van der Waals surface area contributed by atoms with Gasteiger partial charge in [-0.2, -0.15) is 0 Å². The summed E-state index contributed by atoms with van der Waals surface area (Å²) >= 11 is 0. The van der Waals surface area contributed by atoms with Crippen molar-refractivity contribution < 1.29 is 19.5 Å². The van der Waals surface area contributed by atoms with Crippen LogP contribution in [0.1, 0.15) is 16.8 Å². The van der Waals surface area contributed by atoms with Gasteiger partial charge in [0.1, 0.15) is 6.54 Å². The quantitative estimate of drug-likeness (QED) is 0.766. The van der Waals surface area contributed by atoms with Crippen molar-refractivity contribution in [1.82, 2.24) is 4.90 Å². The number of carboxylic acid groups (broad SMARTS) is 1. The van der Waals surface area contributed by atoms with Crippen LogP contribution in [0.4, 0.5) is 11.4 Å². The molecule has 0 aromatic heterocycles. The highest BCUT2D eigenvalue weighted by Gasteiger charge is 2.29. The summed E-state index contributed by atoms with van der Waals surface area (Å²) in [7, 11) is 1.57. The maximum atomic E-state index is 12.4. The van der Waals surface area contributed by atoms with Gasteiger partial charge in [-0.05, 0) is 18.2 Å². The molecule has 1 aromatic rings. The Morgan fingerprint density at radius 3 is 2.75 bits per heavy atom. The van der Waals surface area contributed by atoms with E-state index in [-0.39, 0.29) is 31.3 Å². The fourth-order valence-corrected chi connectivity index (χ4v) is 2.07. The minimum Gasteiger partial charge on any atom is -0.481 e. The van der Waals surface area contributed by atoms with Gasteiger partial charge in [-0.3, -0.25) is 14.4 Å². The average molecular weight is 277 g/mol. The number of carboxylic acids is 1. The third-order valence-corrected chi connectivity index (χ3v) is 3.20. The van der Waals surface area contributed by atoms with Crippen molar-refractivity contribution in [3.63, 3.8) is 0 Å². The lowest BCUT2D eigenvalue weighted by atomic mass is 10.1. The maximum absolute atomic E-state index is 12.4. The number of likely N-dealkylation sites (N-methyl/N-ethyl adjacent to an activating group) is 1. The Kier molecular flexibility index (Phi) is 3.60. The minimum atomic E-state index is -1.02. The van der Waals surface area contributed by atoms with Crippen molar-refractivity contribution in [2.75, 3.05) is 30.8 Å². The molecule has 0 radical (unpaired) electrons. The van der Waals surface area contributed by atoms with Crippen molar-refractivity contribution in [3.05, 3.63) is 23.8 Å². The number of nitrogens with zero attached hydrogens (tertiary/aromatic N) is 2. The molecule has 1 heterocycles. The van der Waals surface area contributed by atoms with E-state index < -0.39 is 5.97 Å². The molecule has 3 N–H and O–H groups in total. The number of hydrogen-bond acceptors (Lipinski definition) is 4. The Bertz CT molecular complexity index is 585. The Balaban J connectivity index is 2.39. The van der Waals surface area contributed by atoms with Crippen LogP contribution in [0, 0.1) is 0 Å². The highest BCUT2D eigenvalue weighted by molar-refractivity contribution is 6.09. The number of carbonyl (C=O) groups is 3. The van der Waals surface area contributed by atoms with Gasteiger partial charge >= 0.3 is 5.97 Å². The summed E-state index contributed by atoms with van der Waals surface area (Å²) in [6.45, 7) is -0.154. The second kappa shape index (κ2) is 5.20. The molecule has 106 valence electrons. The average Bonchev–Trinajstić information content (AvgIpc) is 2.48. The molecule has 20 heavy (non-hydrogen) atoms. The topological polar surface area (TPSA) is 104 Å². The summed E-state index contributed by atoms with van der Waals surface area (Å²) in [5.74, 6) is -1.67. The second-order valence-corrected chi connectivity index (χ2v) is 4.60. The molecule has 1 aromatic carbocycles. The molecule has 7 nitrogen and oxygen atoms in total. The summed E-state index contributed by atoms with van der Waals surface area (Å²) in [4.78, 5) is 37.7. The number of fused-ring (bicyclic) bond motifs is 1. The van der Waals surface area contributed by atoms with Crippen molar-refractivity contribution in [2.45, 2.75) is 6.42 Å². The predicted molar refractivity (Wildman–Crippen MR) is 72.4 cm³/mol. The fourth-order valence-electron chi connectivity index (χ4n) is 2.07. The smallest absolute Gasteiger partial charge is 0.305 e. The summed E-state index contributed by atoms with van der Waals surface area (Å²) in [5.41, 5.74) is 6.88. The van der Waals surface area contributed by atoms with Crippen LogP contribution in [0.5, 0.6) is 0 Å². The van der Waals surface area contributed by atoms with Crippen molar-refractivity contribution >= 4 is 29.2 Å². The third kappa shape index (κ3) is 2.56. The molecule has 0 atom stereocenters.